The third-order valence-corrected chi connectivity index (χ3v) is 3.23. The summed E-state index contributed by atoms with van der Waals surface area (Å²) in [6.07, 6.45) is 1.20. The van der Waals surface area contributed by atoms with Gasteiger partial charge in [-0.05, 0) is 63.4 Å². The van der Waals surface area contributed by atoms with Crippen molar-refractivity contribution in [1.82, 2.24) is 5.32 Å². The summed E-state index contributed by atoms with van der Waals surface area (Å²) < 4.78 is 11.0. The van der Waals surface area contributed by atoms with E-state index in [9.17, 15) is 0 Å². The van der Waals surface area contributed by atoms with Crippen molar-refractivity contribution in [2.75, 3.05) is 26.8 Å². The summed E-state index contributed by atoms with van der Waals surface area (Å²) in [7, 11) is 1.73. The second-order valence-corrected chi connectivity index (χ2v) is 5.18. The van der Waals surface area contributed by atoms with Crippen molar-refractivity contribution in [3.05, 3.63) is 28.8 Å². The number of benzene rings is 1. The summed E-state index contributed by atoms with van der Waals surface area (Å²) in [6, 6.07) is 4.31. The Morgan fingerprint density at radius 3 is 2.63 bits per heavy atom. The van der Waals surface area contributed by atoms with Gasteiger partial charge in [0, 0.05) is 20.3 Å². The molecule has 0 amide bonds. The molecule has 1 unspecified atom stereocenters. The van der Waals surface area contributed by atoms with E-state index in [4.69, 9.17) is 9.47 Å². The van der Waals surface area contributed by atoms with Crippen LogP contribution in [-0.2, 0) is 4.74 Å². The third kappa shape index (κ3) is 5.62. The van der Waals surface area contributed by atoms with E-state index >= 15 is 0 Å². The van der Waals surface area contributed by atoms with Crippen molar-refractivity contribution < 1.29 is 9.47 Å². The first-order chi connectivity index (χ1) is 9.04. The monoisotopic (exact) mass is 265 g/mol. The van der Waals surface area contributed by atoms with Gasteiger partial charge >= 0.3 is 0 Å². The van der Waals surface area contributed by atoms with Crippen LogP contribution in [0.25, 0.3) is 0 Å². The Labute approximate surface area is 117 Å². The van der Waals surface area contributed by atoms with Gasteiger partial charge in [0.1, 0.15) is 11.9 Å². The fourth-order valence-electron chi connectivity index (χ4n) is 2.03. The summed E-state index contributed by atoms with van der Waals surface area (Å²) in [5.41, 5.74) is 3.77. The maximum absolute atomic E-state index is 6.02. The summed E-state index contributed by atoms with van der Waals surface area (Å²) in [5, 5.41) is 3.38. The van der Waals surface area contributed by atoms with Crippen molar-refractivity contribution in [1.29, 1.82) is 0 Å². The molecule has 0 bridgehead atoms. The minimum atomic E-state index is 0.169. The molecule has 1 rings (SSSR count). The van der Waals surface area contributed by atoms with E-state index in [1.807, 2.05) is 0 Å². The van der Waals surface area contributed by atoms with Crippen LogP contribution in [0.4, 0.5) is 0 Å². The first kappa shape index (κ1) is 16.0. The molecule has 0 saturated heterocycles. The van der Waals surface area contributed by atoms with Crippen LogP contribution < -0.4 is 10.1 Å². The topological polar surface area (TPSA) is 30.5 Å². The molecule has 3 heteroatoms. The van der Waals surface area contributed by atoms with Crippen LogP contribution in [0, 0.1) is 20.8 Å². The lowest BCUT2D eigenvalue weighted by atomic mass is 10.1. The average Bonchev–Trinajstić information content (AvgIpc) is 2.35. The second-order valence-electron chi connectivity index (χ2n) is 5.18. The van der Waals surface area contributed by atoms with Gasteiger partial charge in [-0.15, -0.1) is 0 Å². The summed E-state index contributed by atoms with van der Waals surface area (Å²) in [5.74, 6) is 1.00. The molecule has 0 saturated carbocycles. The minimum Gasteiger partial charge on any atom is -0.489 e. The summed E-state index contributed by atoms with van der Waals surface area (Å²) >= 11 is 0. The first-order valence-electron chi connectivity index (χ1n) is 6.98. The van der Waals surface area contributed by atoms with Gasteiger partial charge in [0.05, 0.1) is 0 Å². The standard InChI is InChI=1S/C16H27NO2/c1-12-9-13(2)15(4)16(10-12)19-14(3)11-17-7-6-8-18-5/h9-10,14,17H,6-8,11H2,1-5H3. The Morgan fingerprint density at radius 1 is 1.21 bits per heavy atom. The van der Waals surface area contributed by atoms with E-state index in [1.54, 1.807) is 7.11 Å². The van der Waals surface area contributed by atoms with Crippen LogP contribution >= 0.6 is 0 Å². The van der Waals surface area contributed by atoms with Crippen molar-refractivity contribution >= 4 is 0 Å². The van der Waals surface area contributed by atoms with Crippen molar-refractivity contribution in [3.8, 4) is 5.75 Å². The highest BCUT2D eigenvalue weighted by atomic mass is 16.5. The highest BCUT2D eigenvalue weighted by Gasteiger charge is 2.08. The van der Waals surface area contributed by atoms with E-state index in [1.165, 1.54) is 16.7 Å². The van der Waals surface area contributed by atoms with Gasteiger partial charge in [0.2, 0.25) is 0 Å². The zero-order valence-electron chi connectivity index (χ0n) is 12.9. The maximum atomic E-state index is 6.02. The highest BCUT2D eigenvalue weighted by Crippen LogP contribution is 2.24. The molecule has 0 aliphatic rings. The molecule has 0 aliphatic heterocycles. The van der Waals surface area contributed by atoms with Crippen LogP contribution in [0.2, 0.25) is 0 Å². The molecule has 3 nitrogen and oxygen atoms in total. The van der Waals surface area contributed by atoms with Crippen LogP contribution in [0.3, 0.4) is 0 Å². The van der Waals surface area contributed by atoms with E-state index < -0.39 is 0 Å². The first-order valence-corrected chi connectivity index (χ1v) is 6.98. The largest absolute Gasteiger partial charge is 0.489 e. The molecular weight excluding hydrogens is 238 g/mol. The van der Waals surface area contributed by atoms with Crippen molar-refractivity contribution in [2.45, 2.75) is 40.2 Å². The van der Waals surface area contributed by atoms with Gasteiger partial charge in [-0.1, -0.05) is 6.07 Å². The molecular formula is C16H27NO2. The fraction of sp³-hybridized carbons (Fsp3) is 0.625. The number of hydrogen-bond acceptors (Lipinski definition) is 3. The molecule has 0 spiro atoms. The smallest absolute Gasteiger partial charge is 0.123 e. The Balaban J connectivity index is 2.42. The maximum Gasteiger partial charge on any atom is 0.123 e. The molecule has 19 heavy (non-hydrogen) atoms. The molecule has 1 atom stereocenters. The minimum absolute atomic E-state index is 0.169. The van der Waals surface area contributed by atoms with Crippen LogP contribution in [0.1, 0.15) is 30.0 Å². The SMILES string of the molecule is COCCCNCC(C)Oc1cc(C)cc(C)c1C. The van der Waals surface area contributed by atoms with Crippen LogP contribution in [0.15, 0.2) is 12.1 Å². The molecule has 0 aliphatic carbocycles. The number of methoxy groups -OCH3 is 1. The normalized spacial score (nSPS) is 12.5. The van der Waals surface area contributed by atoms with E-state index in [-0.39, 0.29) is 6.10 Å². The van der Waals surface area contributed by atoms with E-state index in [0.717, 1.165) is 31.9 Å². The predicted molar refractivity (Wildman–Crippen MR) is 80.1 cm³/mol. The lowest BCUT2D eigenvalue weighted by molar-refractivity contribution is 0.188. The molecule has 1 N–H and O–H groups in total. The van der Waals surface area contributed by atoms with E-state index in [0.29, 0.717) is 0 Å². The number of ether oxygens (including phenoxy) is 2. The Morgan fingerprint density at radius 2 is 1.95 bits per heavy atom. The number of nitrogens with one attached hydrogen (secondary N) is 1. The summed E-state index contributed by atoms with van der Waals surface area (Å²) in [6.45, 7) is 11.1. The van der Waals surface area contributed by atoms with Gasteiger partial charge in [-0.3, -0.25) is 0 Å². The number of hydrogen-bond donors (Lipinski definition) is 1. The zero-order valence-corrected chi connectivity index (χ0v) is 12.9. The van der Waals surface area contributed by atoms with Crippen molar-refractivity contribution in [2.24, 2.45) is 0 Å². The van der Waals surface area contributed by atoms with Gasteiger partial charge < -0.3 is 14.8 Å². The average molecular weight is 265 g/mol. The molecule has 108 valence electrons. The molecule has 0 aromatic heterocycles. The Kier molecular flexibility index (Phi) is 6.89. The van der Waals surface area contributed by atoms with Gasteiger partial charge in [0.25, 0.3) is 0 Å². The number of aryl methyl sites for hydroxylation is 2. The molecule has 0 heterocycles. The third-order valence-electron chi connectivity index (χ3n) is 3.23. The zero-order chi connectivity index (χ0) is 14.3. The summed E-state index contributed by atoms with van der Waals surface area (Å²) in [4.78, 5) is 0. The van der Waals surface area contributed by atoms with Crippen molar-refractivity contribution in [3.63, 3.8) is 0 Å². The predicted octanol–water partition coefficient (Wildman–Crippen LogP) is 3.01. The Hall–Kier alpha value is -1.06. The van der Waals surface area contributed by atoms with Crippen LogP contribution in [0.5, 0.6) is 5.75 Å². The highest BCUT2D eigenvalue weighted by molar-refractivity contribution is 5.42. The molecule has 1 aromatic rings. The molecule has 0 fully saturated rings. The van der Waals surface area contributed by atoms with E-state index in [2.05, 4.69) is 45.1 Å². The number of rotatable bonds is 8. The lowest BCUT2D eigenvalue weighted by Crippen LogP contribution is -2.30. The Bertz CT molecular complexity index is 391. The second kappa shape index (κ2) is 8.18. The van der Waals surface area contributed by atoms with Gasteiger partial charge in [-0.25, -0.2) is 0 Å². The quantitative estimate of drug-likeness (QED) is 0.733. The molecule has 1 aromatic carbocycles. The molecule has 0 radical (unpaired) electrons. The van der Waals surface area contributed by atoms with Gasteiger partial charge in [-0.2, -0.15) is 0 Å². The van der Waals surface area contributed by atoms with Gasteiger partial charge in [0.15, 0.2) is 0 Å². The fourth-order valence-corrected chi connectivity index (χ4v) is 2.03. The van der Waals surface area contributed by atoms with Crippen LogP contribution in [-0.4, -0.2) is 32.9 Å². The lowest BCUT2D eigenvalue weighted by Gasteiger charge is -2.18.